The average Bonchev–Trinajstić information content (AvgIpc) is 2.36. The molecule has 0 unspecified atom stereocenters. The van der Waals surface area contributed by atoms with Gasteiger partial charge in [0.25, 0.3) is 0 Å². The molecule has 1 aliphatic rings. The normalized spacial score (nSPS) is 18.4. The number of nitrogen functional groups attached to an aromatic ring is 1. The zero-order chi connectivity index (χ0) is 14.9. The molecule has 5 nitrogen and oxygen atoms in total. The lowest BCUT2D eigenvalue weighted by molar-refractivity contribution is 0.248. The van der Waals surface area contributed by atoms with Gasteiger partial charge in [0.05, 0.1) is 4.90 Å². The number of rotatable bonds is 3. The van der Waals surface area contributed by atoms with Crippen LogP contribution in [0.1, 0.15) is 18.4 Å². The largest absolute Gasteiger partial charge is 0.399 e. The number of hydrogen-bond acceptors (Lipinski definition) is 4. The number of piperidine rings is 1. The first-order valence-electron chi connectivity index (χ1n) is 6.56. The Morgan fingerprint density at radius 3 is 2.55 bits per heavy atom. The van der Waals surface area contributed by atoms with Crippen LogP contribution in [-0.2, 0) is 10.0 Å². The zero-order valence-corrected chi connectivity index (χ0v) is 12.5. The van der Waals surface area contributed by atoms with Crippen molar-refractivity contribution in [1.29, 1.82) is 0 Å². The van der Waals surface area contributed by atoms with E-state index < -0.39 is 15.8 Å². The van der Waals surface area contributed by atoms with Gasteiger partial charge in [0, 0.05) is 17.3 Å². The van der Waals surface area contributed by atoms with E-state index in [9.17, 15) is 12.8 Å². The molecule has 0 aromatic heterocycles. The highest BCUT2D eigenvalue weighted by Gasteiger charge is 2.25. The first-order valence-corrected chi connectivity index (χ1v) is 8.04. The van der Waals surface area contributed by atoms with Crippen molar-refractivity contribution in [1.82, 2.24) is 9.62 Å². The third-order valence-corrected chi connectivity index (χ3v) is 5.30. The Morgan fingerprint density at radius 2 is 1.95 bits per heavy atom. The molecule has 3 N–H and O–H groups in total. The van der Waals surface area contributed by atoms with E-state index >= 15 is 0 Å². The molecule has 0 atom stereocenters. The van der Waals surface area contributed by atoms with Crippen LogP contribution in [0.4, 0.5) is 10.1 Å². The number of likely N-dealkylation sites (tertiary alicyclic amines) is 1. The maximum absolute atomic E-state index is 13.6. The Bertz CT molecular complexity index is 596. The van der Waals surface area contributed by atoms with E-state index in [0.29, 0.717) is 0 Å². The van der Waals surface area contributed by atoms with Gasteiger partial charge in [0.1, 0.15) is 5.82 Å². The Balaban J connectivity index is 2.23. The van der Waals surface area contributed by atoms with Crippen LogP contribution >= 0.6 is 0 Å². The second-order valence-electron chi connectivity index (χ2n) is 5.32. The second-order valence-corrected chi connectivity index (χ2v) is 7.01. The number of nitrogens with two attached hydrogens (primary N) is 1. The summed E-state index contributed by atoms with van der Waals surface area (Å²) in [5.74, 6) is -0.603. The van der Waals surface area contributed by atoms with Crippen LogP contribution in [0.15, 0.2) is 17.0 Å². The molecule has 1 aromatic rings. The van der Waals surface area contributed by atoms with Crippen LogP contribution in [-0.4, -0.2) is 39.5 Å². The molecule has 1 aliphatic heterocycles. The van der Waals surface area contributed by atoms with Gasteiger partial charge in [-0.2, -0.15) is 0 Å². The van der Waals surface area contributed by atoms with Crippen LogP contribution in [0.3, 0.4) is 0 Å². The number of sulfonamides is 1. The van der Waals surface area contributed by atoms with Crippen molar-refractivity contribution in [2.75, 3.05) is 25.9 Å². The van der Waals surface area contributed by atoms with Gasteiger partial charge in [0.15, 0.2) is 0 Å². The van der Waals surface area contributed by atoms with Crippen molar-refractivity contribution in [3.8, 4) is 0 Å². The van der Waals surface area contributed by atoms with Crippen molar-refractivity contribution in [2.45, 2.75) is 30.7 Å². The summed E-state index contributed by atoms with van der Waals surface area (Å²) in [6.07, 6.45) is 1.50. The molecule has 1 saturated heterocycles. The molecule has 0 aliphatic carbocycles. The maximum Gasteiger partial charge on any atom is 0.241 e. The Kier molecular flexibility index (Phi) is 4.31. The topological polar surface area (TPSA) is 75.4 Å². The summed E-state index contributed by atoms with van der Waals surface area (Å²) in [5, 5.41) is 0. The van der Waals surface area contributed by atoms with Crippen LogP contribution < -0.4 is 10.5 Å². The average molecular weight is 301 g/mol. The number of hydrogen-bond donors (Lipinski definition) is 2. The summed E-state index contributed by atoms with van der Waals surface area (Å²) in [4.78, 5) is 2.07. The number of anilines is 1. The molecule has 1 fully saturated rings. The number of benzene rings is 1. The third-order valence-electron chi connectivity index (χ3n) is 3.65. The van der Waals surface area contributed by atoms with Gasteiger partial charge in [-0.15, -0.1) is 0 Å². The minimum absolute atomic E-state index is 0.0751. The lowest BCUT2D eigenvalue weighted by Crippen LogP contribution is -2.43. The summed E-state index contributed by atoms with van der Waals surface area (Å²) < 4.78 is 41.0. The van der Waals surface area contributed by atoms with Crippen LogP contribution in [0.25, 0.3) is 0 Å². The Labute approximate surface area is 119 Å². The highest BCUT2D eigenvalue weighted by atomic mass is 32.2. The molecular weight excluding hydrogens is 281 g/mol. The minimum Gasteiger partial charge on any atom is -0.399 e. The summed E-state index contributed by atoms with van der Waals surface area (Å²) in [6, 6.07) is 2.32. The molecule has 1 aromatic carbocycles. The van der Waals surface area contributed by atoms with Crippen LogP contribution in [0, 0.1) is 12.7 Å². The summed E-state index contributed by atoms with van der Waals surface area (Å²) in [7, 11) is -1.74. The summed E-state index contributed by atoms with van der Waals surface area (Å²) in [5.41, 5.74) is 5.74. The molecule has 1 heterocycles. The van der Waals surface area contributed by atoms with Crippen molar-refractivity contribution in [2.24, 2.45) is 0 Å². The standard InChI is InChI=1S/C13H20FN3O2S/c1-9-12(14)7-10(15)8-13(9)20(18,19)16-11-3-5-17(2)6-4-11/h7-8,11,16H,3-6,15H2,1-2H3. The first kappa shape index (κ1) is 15.2. The molecule has 7 heteroatoms. The van der Waals surface area contributed by atoms with Crippen molar-refractivity contribution in [3.05, 3.63) is 23.5 Å². The van der Waals surface area contributed by atoms with Crippen LogP contribution in [0.2, 0.25) is 0 Å². The quantitative estimate of drug-likeness (QED) is 0.820. The summed E-state index contributed by atoms with van der Waals surface area (Å²) in [6.45, 7) is 3.13. The SMILES string of the molecule is Cc1c(F)cc(N)cc1S(=O)(=O)NC1CCN(C)CC1. The van der Waals surface area contributed by atoms with Gasteiger partial charge < -0.3 is 10.6 Å². The predicted molar refractivity (Wildman–Crippen MR) is 76.4 cm³/mol. The van der Waals surface area contributed by atoms with E-state index in [0.717, 1.165) is 32.0 Å². The molecule has 0 spiro atoms. The predicted octanol–water partition coefficient (Wildman–Crippen LogP) is 1.09. The van der Waals surface area contributed by atoms with E-state index in [1.165, 1.54) is 13.0 Å². The molecule has 0 saturated carbocycles. The lowest BCUT2D eigenvalue weighted by atomic mass is 10.1. The molecule has 112 valence electrons. The number of nitrogens with one attached hydrogen (secondary N) is 1. The van der Waals surface area contributed by atoms with Crippen LogP contribution in [0.5, 0.6) is 0 Å². The van der Waals surface area contributed by atoms with Crippen molar-refractivity contribution in [3.63, 3.8) is 0 Å². The van der Waals surface area contributed by atoms with E-state index in [4.69, 9.17) is 5.73 Å². The highest BCUT2D eigenvalue weighted by Crippen LogP contribution is 2.23. The van der Waals surface area contributed by atoms with Gasteiger partial charge in [-0.25, -0.2) is 17.5 Å². The zero-order valence-electron chi connectivity index (χ0n) is 11.7. The van der Waals surface area contributed by atoms with E-state index in [2.05, 4.69) is 9.62 Å². The molecule has 0 radical (unpaired) electrons. The molecule has 2 rings (SSSR count). The van der Waals surface area contributed by atoms with Gasteiger partial charge in [-0.1, -0.05) is 0 Å². The van der Waals surface area contributed by atoms with Gasteiger partial charge in [-0.3, -0.25) is 0 Å². The van der Waals surface area contributed by atoms with E-state index in [1.54, 1.807) is 0 Å². The van der Waals surface area contributed by atoms with Crippen molar-refractivity contribution < 1.29 is 12.8 Å². The fourth-order valence-electron chi connectivity index (χ4n) is 2.36. The molecular formula is C13H20FN3O2S. The molecule has 20 heavy (non-hydrogen) atoms. The first-order chi connectivity index (χ1) is 9.29. The monoisotopic (exact) mass is 301 g/mol. The second kappa shape index (κ2) is 5.67. The third kappa shape index (κ3) is 3.28. The summed E-state index contributed by atoms with van der Waals surface area (Å²) >= 11 is 0. The fraction of sp³-hybridized carbons (Fsp3) is 0.538. The fourth-order valence-corrected chi connectivity index (χ4v) is 3.96. The smallest absolute Gasteiger partial charge is 0.241 e. The van der Waals surface area contributed by atoms with Gasteiger partial charge in [-0.05, 0) is 52.0 Å². The maximum atomic E-state index is 13.6. The molecule has 0 amide bonds. The number of halogens is 1. The van der Waals surface area contributed by atoms with Gasteiger partial charge in [0.2, 0.25) is 10.0 Å². The van der Waals surface area contributed by atoms with E-state index in [-0.39, 0.29) is 22.2 Å². The van der Waals surface area contributed by atoms with Crippen molar-refractivity contribution >= 4 is 15.7 Å². The molecule has 0 bridgehead atoms. The highest BCUT2D eigenvalue weighted by molar-refractivity contribution is 7.89. The number of nitrogens with zero attached hydrogens (tertiary/aromatic N) is 1. The van der Waals surface area contributed by atoms with E-state index in [1.807, 2.05) is 7.05 Å². The lowest BCUT2D eigenvalue weighted by Gasteiger charge is -2.29. The Morgan fingerprint density at radius 1 is 1.35 bits per heavy atom. The Hall–Kier alpha value is -1.18. The van der Waals surface area contributed by atoms with Gasteiger partial charge >= 0.3 is 0 Å². The minimum atomic E-state index is -3.74.